The van der Waals surface area contributed by atoms with E-state index in [0.29, 0.717) is 17.6 Å². The number of rotatable bonds is 6. The fourth-order valence-electron chi connectivity index (χ4n) is 4.91. The van der Waals surface area contributed by atoms with Crippen LogP contribution in [0, 0.1) is 11.8 Å². The van der Waals surface area contributed by atoms with Gasteiger partial charge in [0, 0.05) is 39.0 Å². The van der Waals surface area contributed by atoms with Gasteiger partial charge in [-0.05, 0) is 35.6 Å². The molecule has 0 saturated carbocycles. The summed E-state index contributed by atoms with van der Waals surface area (Å²) in [5.74, 6) is 0.942. The van der Waals surface area contributed by atoms with Crippen LogP contribution in [-0.2, 0) is 16.0 Å². The van der Waals surface area contributed by atoms with Crippen LogP contribution >= 0.6 is 0 Å². The van der Waals surface area contributed by atoms with E-state index in [9.17, 15) is 14.7 Å². The number of phenols is 1. The van der Waals surface area contributed by atoms with E-state index in [2.05, 4.69) is 22.3 Å². The zero-order valence-electron chi connectivity index (χ0n) is 17.3. The molecule has 0 aliphatic carbocycles. The Morgan fingerprint density at radius 3 is 2.47 bits per heavy atom. The van der Waals surface area contributed by atoms with Gasteiger partial charge in [-0.1, -0.05) is 42.5 Å². The summed E-state index contributed by atoms with van der Waals surface area (Å²) in [7, 11) is 0. The molecule has 2 N–H and O–H groups in total. The van der Waals surface area contributed by atoms with Gasteiger partial charge >= 0.3 is 0 Å². The molecule has 6 heteroatoms. The van der Waals surface area contributed by atoms with Crippen LogP contribution in [0.3, 0.4) is 0 Å². The van der Waals surface area contributed by atoms with Crippen LogP contribution in [0.25, 0.3) is 0 Å². The Morgan fingerprint density at radius 1 is 1.03 bits per heavy atom. The molecule has 4 rings (SSSR count). The molecule has 0 aromatic heterocycles. The van der Waals surface area contributed by atoms with Crippen molar-refractivity contribution in [3.8, 4) is 5.75 Å². The van der Waals surface area contributed by atoms with Crippen molar-refractivity contribution >= 4 is 11.8 Å². The van der Waals surface area contributed by atoms with Crippen LogP contribution in [0.15, 0.2) is 54.6 Å². The maximum atomic E-state index is 12.9. The summed E-state index contributed by atoms with van der Waals surface area (Å²) in [5, 5.41) is 12.1. The van der Waals surface area contributed by atoms with Crippen molar-refractivity contribution in [1.82, 2.24) is 15.1 Å². The van der Waals surface area contributed by atoms with Crippen molar-refractivity contribution in [2.75, 3.05) is 32.7 Å². The molecule has 2 saturated heterocycles. The Morgan fingerprint density at radius 2 is 1.77 bits per heavy atom. The summed E-state index contributed by atoms with van der Waals surface area (Å²) in [6.07, 6.45) is 0.945. The molecule has 0 unspecified atom stereocenters. The first-order valence-electron chi connectivity index (χ1n) is 10.6. The monoisotopic (exact) mass is 407 g/mol. The summed E-state index contributed by atoms with van der Waals surface area (Å²) >= 11 is 0. The number of nitrogens with zero attached hydrogens (tertiary/aromatic N) is 2. The Bertz CT molecular complexity index is 884. The third-order valence-electron chi connectivity index (χ3n) is 6.34. The lowest BCUT2D eigenvalue weighted by Crippen LogP contribution is -2.41. The quantitative estimate of drug-likeness (QED) is 0.770. The highest BCUT2D eigenvalue weighted by Gasteiger charge is 2.48. The molecule has 2 fully saturated rings. The molecular formula is C24H29N3O3. The van der Waals surface area contributed by atoms with Gasteiger partial charge < -0.3 is 20.2 Å². The lowest BCUT2D eigenvalue weighted by atomic mass is 9.89. The summed E-state index contributed by atoms with van der Waals surface area (Å²) in [6.45, 7) is 5.15. The fraction of sp³-hybridized carbons (Fsp3) is 0.417. The first-order valence-corrected chi connectivity index (χ1v) is 10.6. The maximum absolute atomic E-state index is 12.9. The number of hydrogen-bond donors (Lipinski definition) is 2. The van der Waals surface area contributed by atoms with Crippen molar-refractivity contribution in [3.63, 3.8) is 0 Å². The van der Waals surface area contributed by atoms with Crippen LogP contribution in [0.4, 0.5) is 0 Å². The molecule has 6 nitrogen and oxygen atoms in total. The second kappa shape index (κ2) is 8.88. The average molecular weight is 408 g/mol. The molecule has 0 spiro atoms. The molecule has 2 aromatic rings. The van der Waals surface area contributed by atoms with Crippen LogP contribution in [0.1, 0.15) is 24.1 Å². The van der Waals surface area contributed by atoms with Gasteiger partial charge in [0.15, 0.2) is 0 Å². The normalized spacial score (nSPS) is 23.4. The number of nitrogens with one attached hydrogen (secondary N) is 1. The first-order chi connectivity index (χ1) is 14.5. The van der Waals surface area contributed by atoms with E-state index in [0.717, 1.165) is 32.6 Å². The largest absolute Gasteiger partial charge is 0.508 e. The Labute approximate surface area is 177 Å². The molecular weight excluding hydrogens is 378 g/mol. The summed E-state index contributed by atoms with van der Waals surface area (Å²) in [5.41, 5.74) is 2.39. The lowest BCUT2D eigenvalue weighted by molar-refractivity contribution is -0.133. The van der Waals surface area contributed by atoms with E-state index in [1.54, 1.807) is 12.1 Å². The number of hydrogen-bond acceptors (Lipinski definition) is 4. The summed E-state index contributed by atoms with van der Waals surface area (Å²) < 4.78 is 0. The molecule has 0 bridgehead atoms. The third-order valence-corrected chi connectivity index (χ3v) is 6.34. The van der Waals surface area contributed by atoms with Gasteiger partial charge in [0.1, 0.15) is 5.75 Å². The maximum Gasteiger partial charge on any atom is 0.242 e. The number of benzene rings is 2. The Hall–Kier alpha value is -2.86. The molecule has 2 aliphatic rings. The minimum Gasteiger partial charge on any atom is -0.508 e. The molecule has 3 atom stereocenters. The van der Waals surface area contributed by atoms with Crippen LogP contribution in [0.2, 0.25) is 0 Å². The molecule has 2 aromatic carbocycles. The van der Waals surface area contributed by atoms with E-state index in [1.165, 1.54) is 18.1 Å². The van der Waals surface area contributed by atoms with Gasteiger partial charge in [0.2, 0.25) is 11.8 Å². The van der Waals surface area contributed by atoms with E-state index < -0.39 is 0 Å². The highest BCUT2D eigenvalue weighted by molar-refractivity contribution is 5.84. The standard InChI is InChI=1S/C24H29N3O3/c1-17(28)25-13-23(30)27-15-20-14-26(12-11-18-7-9-21(29)10-8-18)16-22(20)24(27)19-5-3-2-4-6-19/h2-10,20,22,24,29H,11-16H2,1H3,(H,25,28)/t20-,22-,24+/m0/s1. The van der Waals surface area contributed by atoms with Gasteiger partial charge in [-0.3, -0.25) is 9.59 Å². The second-order valence-electron chi connectivity index (χ2n) is 8.41. The number of carbonyl (C=O) groups excluding carboxylic acids is 2. The van der Waals surface area contributed by atoms with E-state index >= 15 is 0 Å². The highest BCUT2D eigenvalue weighted by atomic mass is 16.3. The van der Waals surface area contributed by atoms with Gasteiger partial charge in [0.05, 0.1) is 12.6 Å². The molecule has 2 amide bonds. The predicted molar refractivity (Wildman–Crippen MR) is 115 cm³/mol. The first kappa shape index (κ1) is 20.4. The molecule has 2 heterocycles. The van der Waals surface area contributed by atoms with Gasteiger partial charge in [-0.25, -0.2) is 0 Å². The predicted octanol–water partition coefficient (Wildman–Crippen LogP) is 2.20. The average Bonchev–Trinajstić information content (AvgIpc) is 3.29. The van der Waals surface area contributed by atoms with Gasteiger partial charge in [0.25, 0.3) is 0 Å². The number of likely N-dealkylation sites (tertiary alicyclic amines) is 2. The topological polar surface area (TPSA) is 72.9 Å². The number of fused-ring (bicyclic) bond motifs is 1. The third kappa shape index (κ3) is 4.49. The summed E-state index contributed by atoms with van der Waals surface area (Å²) in [6, 6.07) is 17.7. The molecule has 158 valence electrons. The minimum absolute atomic E-state index is 0.0101. The van der Waals surface area contributed by atoms with Crippen LogP contribution in [0.5, 0.6) is 5.75 Å². The summed E-state index contributed by atoms with van der Waals surface area (Å²) in [4.78, 5) is 28.6. The van der Waals surface area contributed by atoms with Crippen molar-refractivity contribution < 1.29 is 14.7 Å². The zero-order valence-corrected chi connectivity index (χ0v) is 17.3. The van der Waals surface area contributed by atoms with Crippen LogP contribution < -0.4 is 5.32 Å². The number of carbonyl (C=O) groups is 2. The van der Waals surface area contributed by atoms with Crippen molar-refractivity contribution in [2.45, 2.75) is 19.4 Å². The van der Waals surface area contributed by atoms with Gasteiger partial charge in [-0.15, -0.1) is 0 Å². The van der Waals surface area contributed by atoms with E-state index in [4.69, 9.17) is 0 Å². The SMILES string of the molecule is CC(=O)NCC(=O)N1C[C@@H]2CN(CCc3ccc(O)cc3)C[C@@H]2[C@H]1c1ccccc1. The number of amides is 2. The van der Waals surface area contributed by atoms with E-state index in [-0.39, 0.29) is 24.4 Å². The molecule has 30 heavy (non-hydrogen) atoms. The molecule has 0 radical (unpaired) electrons. The smallest absolute Gasteiger partial charge is 0.242 e. The molecule has 2 aliphatic heterocycles. The van der Waals surface area contributed by atoms with Gasteiger partial charge in [-0.2, -0.15) is 0 Å². The Kier molecular flexibility index (Phi) is 6.04. The number of phenolic OH excluding ortho intramolecular Hbond substituents is 1. The van der Waals surface area contributed by atoms with Crippen LogP contribution in [-0.4, -0.2) is 59.4 Å². The van der Waals surface area contributed by atoms with E-state index in [1.807, 2.05) is 35.2 Å². The second-order valence-corrected chi connectivity index (χ2v) is 8.41. The van der Waals surface area contributed by atoms with Crippen molar-refractivity contribution in [1.29, 1.82) is 0 Å². The Balaban J connectivity index is 1.44. The zero-order chi connectivity index (χ0) is 21.1. The van der Waals surface area contributed by atoms with Crippen molar-refractivity contribution in [2.24, 2.45) is 11.8 Å². The fourth-order valence-corrected chi connectivity index (χ4v) is 4.91. The highest BCUT2D eigenvalue weighted by Crippen LogP contribution is 2.44. The minimum atomic E-state index is -0.181. The lowest BCUT2D eigenvalue weighted by Gasteiger charge is -2.30. The number of aromatic hydroxyl groups is 1. The van der Waals surface area contributed by atoms with Crippen molar-refractivity contribution in [3.05, 3.63) is 65.7 Å².